The zero-order valence-electron chi connectivity index (χ0n) is 9.30. The fraction of sp³-hybridized carbons (Fsp3) is 0.364. The van der Waals surface area contributed by atoms with Crippen molar-refractivity contribution in [1.82, 2.24) is 14.6 Å². The van der Waals surface area contributed by atoms with E-state index in [1.165, 1.54) is 6.20 Å². The van der Waals surface area contributed by atoms with Crippen molar-refractivity contribution in [1.29, 1.82) is 0 Å². The van der Waals surface area contributed by atoms with E-state index >= 15 is 0 Å². The minimum atomic E-state index is -0.380. The molecule has 0 aromatic carbocycles. The van der Waals surface area contributed by atoms with Gasteiger partial charge in [-0.1, -0.05) is 6.92 Å². The van der Waals surface area contributed by atoms with Crippen LogP contribution in [0.5, 0.6) is 0 Å². The van der Waals surface area contributed by atoms with Gasteiger partial charge in [0.05, 0.1) is 12.8 Å². The summed E-state index contributed by atoms with van der Waals surface area (Å²) in [7, 11) is 0. The van der Waals surface area contributed by atoms with E-state index < -0.39 is 0 Å². The quantitative estimate of drug-likeness (QED) is 0.733. The number of esters is 1. The summed E-state index contributed by atoms with van der Waals surface area (Å²) in [5, 5.41) is 4.08. The van der Waals surface area contributed by atoms with E-state index in [1.807, 2.05) is 13.1 Å². The minimum Gasteiger partial charge on any atom is -0.462 e. The molecule has 0 N–H and O–H groups in total. The number of aromatic nitrogens is 3. The lowest BCUT2D eigenvalue weighted by Gasteiger charge is -2.00. The lowest BCUT2D eigenvalue weighted by atomic mass is 10.3. The molecular formula is C11H13N3O2. The van der Waals surface area contributed by atoms with Gasteiger partial charge in [-0.15, -0.1) is 0 Å². The maximum absolute atomic E-state index is 11.6. The van der Waals surface area contributed by atoms with Crippen LogP contribution in [0.15, 0.2) is 18.6 Å². The zero-order chi connectivity index (χ0) is 11.5. The van der Waals surface area contributed by atoms with Gasteiger partial charge < -0.3 is 4.74 Å². The van der Waals surface area contributed by atoms with Gasteiger partial charge in [-0.25, -0.2) is 14.3 Å². The van der Waals surface area contributed by atoms with Gasteiger partial charge in [0.25, 0.3) is 0 Å². The second kappa shape index (κ2) is 4.30. The number of rotatable bonds is 3. The fourth-order valence-corrected chi connectivity index (χ4v) is 1.45. The second-order valence-electron chi connectivity index (χ2n) is 3.36. The van der Waals surface area contributed by atoms with Gasteiger partial charge in [0, 0.05) is 12.4 Å². The van der Waals surface area contributed by atoms with E-state index in [4.69, 9.17) is 4.74 Å². The van der Waals surface area contributed by atoms with E-state index in [0.717, 1.165) is 12.0 Å². The van der Waals surface area contributed by atoms with Gasteiger partial charge in [0.15, 0.2) is 5.65 Å². The molecule has 0 bridgehead atoms. The van der Waals surface area contributed by atoms with Crippen molar-refractivity contribution in [2.24, 2.45) is 0 Å². The molecule has 0 saturated heterocycles. The normalized spacial score (nSPS) is 10.6. The van der Waals surface area contributed by atoms with E-state index in [0.29, 0.717) is 17.8 Å². The highest BCUT2D eigenvalue weighted by molar-refractivity contribution is 5.95. The van der Waals surface area contributed by atoms with Crippen molar-refractivity contribution in [2.45, 2.75) is 20.3 Å². The summed E-state index contributed by atoms with van der Waals surface area (Å²) in [6, 6.07) is 0. The Morgan fingerprint density at radius 1 is 1.44 bits per heavy atom. The van der Waals surface area contributed by atoms with Gasteiger partial charge in [-0.3, -0.25) is 0 Å². The Morgan fingerprint density at radius 3 is 2.94 bits per heavy atom. The number of carbonyl (C=O) groups excluding carboxylic acids is 1. The minimum absolute atomic E-state index is 0.350. The number of aryl methyl sites for hydroxylation is 1. The summed E-state index contributed by atoms with van der Waals surface area (Å²) in [5.41, 5.74) is 2.02. The van der Waals surface area contributed by atoms with Crippen LogP contribution >= 0.6 is 0 Å². The van der Waals surface area contributed by atoms with E-state index in [-0.39, 0.29) is 5.97 Å². The molecule has 5 heteroatoms. The van der Waals surface area contributed by atoms with Crippen LogP contribution in [0.1, 0.15) is 29.8 Å². The number of fused-ring (bicyclic) bond motifs is 1. The first kappa shape index (κ1) is 10.6. The van der Waals surface area contributed by atoms with Crippen LogP contribution in [0.2, 0.25) is 0 Å². The van der Waals surface area contributed by atoms with Crippen molar-refractivity contribution >= 4 is 11.6 Å². The average molecular weight is 219 g/mol. The summed E-state index contributed by atoms with van der Waals surface area (Å²) in [4.78, 5) is 15.8. The lowest BCUT2D eigenvalue weighted by Crippen LogP contribution is -2.05. The second-order valence-corrected chi connectivity index (χ2v) is 3.36. The van der Waals surface area contributed by atoms with Crippen molar-refractivity contribution < 1.29 is 9.53 Å². The van der Waals surface area contributed by atoms with Crippen LogP contribution in [0.4, 0.5) is 0 Å². The van der Waals surface area contributed by atoms with Gasteiger partial charge in [0.1, 0.15) is 5.56 Å². The standard InChI is InChI=1S/C11H13N3O2/c1-3-8-5-12-10-9(11(15)16-4-2)6-13-14(10)7-8/h5-7H,3-4H2,1-2H3. The summed E-state index contributed by atoms with van der Waals surface area (Å²) < 4.78 is 6.52. The molecule has 0 aliphatic heterocycles. The van der Waals surface area contributed by atoms with Crippen molar-refractivity contribution in [3.8, 4) is 0 Å². The molecule has 0 unspecified atom stereocenters. The summed E-state index contributed by atoms with van der Waals surface area (Å²) in [5.74, 6) is -0.380. The number of carbonyl (C=O) groups is 1. The third kappa shape index (κ3) is 1.76. The highest BCUT2D eigenvalue weighted by atomic mass is 16.5. The van der Waals surface area contributed by atoms with Gasteiger partial charge in [-0.05, 0) is 18.9 Å². The first-order chi connectivity index (χ1) is 7.76. The van der Waals surface area contributed by atoms with E-state index in [9.17, 15) is 4.79 Å². The summed E-state index contributed by atoms with van der Waals surface area (Å²) >= 11 is 0. The van der Waals surface area contributed by atoms with Gasteiger partial charge in [0.2, 0.25) is 0 Å². The van der Waals surface area contributed by atoms with E-state index in [1.54, 1.807) is 17.6 Å². The Balaban J connectivity index is 2.45. The van der Waals surface area contributed by atoms with Crippen LogP contribution in [0.3, 0.4) is 0 Å². The summed E-state index contributed by atoms with van der Waals surface area (Å²) in [6.07, 6.45) is 5.99. The zero-order valence-corrected chi connectivity index (χ0v) is 9.30. The Bertz CT molecular complexity index is 519. The predicted octanol–water partition coefficient (Wildman–Crippen LogP) is 1.47. The molecule has 2 rings (SSSR count). The SMILES string of the molecule is CCOC(=O)c1cnn2cc(CC)cnc12. The van der Waals surface area contributed by atoms with Gasteiger partial charge >= 0.3 is 5.97 Å². The maximum Gasteiger partial charge on any atom is 0.343 e. The van der Waals surface area contributed by atoms with Crippen molar-refractivity contribution in [3.05, 3.63) is 29.7 Å². The molecule has 2 heterocycles. The molecule has 0 fully saturated rings. The molecule has 0 amide bonds. The van der Waals surface area contributed by atoms with Crippen LogP contribution in [0, 0.1) is 0 Å². The monoisotopic (exact) mass is 219 g/mol. The van der Waals surface area contributed by atoms with Gasteiger partial charge in [-0.2, -0.15) is 5.10 Å². The molecule has 0 spiro atoms. The molecule has 84 valence electrons. The smallest absolute Gasteiger partial charge is 0.343 e. The number of hydrogen-bond acceptors (Lipinski definition) is 4. The Hall–Kier alpha value is -1.91. The average Bonchev–Trinajstić information content (AvgIpc) is 2.71. The molecule has 2 aromatic heterocycles. The molecule has 0 aliphatic carbocycles. The third-order valence-corrected chi connectivity index (χ3v) is 2.31. The number of hydrogen-bond donors (Lipinski definition) is 0. The number of ether oxygens (including phenoxy) is 1. The first-order valence-electron chi connectivity index (χ1n) is 5.25. The lowest BCUT2D eigenvalue weighted by molar-refractivity contribution is 0.0528. The third-order valence-electron chi connectivity index (χ3n) is 2.31. The molecule has 16 heavy (non-hydrogen) atoms. The number of nitrogens with zero attached hydrogens (tertiary/aromatic N) is 3. The Labute approximate surface area is 93.1 Å². The molecule has 0 aliphatic rings. The molecule has 0 radical (unpaired) electrons. The van der Waals surface area contributed by atoms with E-state index in [2.05, 4.69) is 10.1 Å². The molecule has 0 saturated carbocycles. The highest BCUT2D eigenvalue weighted by Gasteiger charge is 2.14. The Kier molecular flexibility index (Phi) is 2.85. The molecular weight excluding hydrogens is 206 g/mol. The molecule has 0 atom stereocenters. The van der Waals surface area contributed by atoms with Crippen LogP contribution in [-0.2, 0) is 11.2 Å². The largest absolute Gasteiger partial charge is 0.462 e. The van der Waals surface area contributed by atoms with Crippen molar-refractivity contribution in [3.63, 3.8) is 0 Å². The summed E-state index contributed by atoms with van der Waals surface area (Å²) in [6.45, 7) is 4.16. The molecule has 2 aromatic rings. The highest BCUT2D eigenvalue weighted by Crippen LogP contribution is 2.10. The Morgan fingerprint density at radius 2 is 2.25 bits per heavy atom. The fourth-order valence-electron chi connectivity index (χ4n) is 1.45. The topological polar surface area (TPSA) is 56.5 Å². The maximum atomic E-state index is 11.6. The molecule has 5 nitrogen and oxygen atoms in total. The van der Waals surface area contributed by atoms with Crippen molar-refractivity contribution in [2.75, 3.05) is 6.61 Å². The van der Waals surface area contributed by atoms with Crippen LogP contribution in [0.25, 0.3) is 5.65 Å². The van der Waals surface area contributed by atoms with Crippen LogP contribution < -0.4 is 0 Å². The predicted molar refractivity (Wildman–Crippen MR) is 58.3 cm³/mol. The van der Waals surface area contributed by atoms with Crippen LogP contribution in [-0.4, -0.2) is 27.2 Å². The first-order valence-corrected chi connectivity index (χ1v) is 5.25.